The minimum absolute atomic E-state index is 0.0758. The number of rotatable bonds is 14. The summed E-state index contributed by atoms with van der Waals surface area (Å²) in [4.78, 5) is 51.1. The number of carboxylic acid groups (broad SMARTS) is 2. The highest BCUT2D eigenvalue weighted by molar-refractivity contribution is 5.83. The van der Waals surface area contributed by atoms with Gasteiger partial charge in [-0.05, 0) is 49.0 Å². The van der Waals surface area contributed by atoms with Crippen LogP contribution in [-0.2, 0) is 20.8 Å². The number of nitrogens with zero attached hydrogens (tertiary/aromatic N) is 1. The van der Waals surface area contributed by atoms with Crippen molar-refractivity contribution in [1.29, 1.82) is 0 Å². The molecule has 5 N–H and O–H groups in total. The third kappa shape index (κ3) is 9.37. The number of unbranched alkanes of at least 4 members (excludes halogenated alkanes) is 1. The summed E-state index contributed by atoms with van der Waals surface area (Å²) in [6.07, 6.45) is 2.86. The Morgan fingerprint density at radius 2 is 1.60 bits per heavy atom. The van der Waals surface area contributed by atoms with Crippen LogP contribution in [0.3, 0.4) is 0 Å². The zero-order valence-electron chi connectivity index (χ0n) is 23.0. The normalized spacial score (nSPS) is 15.0. The van der Waals surface area contributed by atoms with E-state index in [0.29, 0.717) is 19.3 Å². The van der Waals surface area contributed by atoms with E-state index in [-0.39, 0.29) is 37.9 Å². The van der Waals surface area contributed by atoms with E-state index in [0.717, 1.165) is 36.2 Å². The number of hydrogen-bond donors (Lipinski definition) is 5. The number of nitrogens with one attached hydrogen (secondary N) is 3. The van der Waals surface area contributed by atoms with Gasteiger partial charge in [0.1, 0.15) is 6.04 Å². The largest absolute Gasteiger partial charge is 0.481 e. The number of amides is 3. The van der Waals surface area contributed by atoms with Gasteiger partial charge >= 0.3 is 18.0 Å². The van der Waals surface area contributed by atoms with E-state index in [9.17, 15) is 29.4 Å². The predicted octanol–water partition coefficient (Wildman–Crippen LogP) is 2.98. The van der Waals surface area contributed by atoms with Crippen molar-refractivity contribution in [3.8, 4) is 11.1 Å². The summed E-state index contributed by atoms with van der Waals surface area (Å²) in [5.74, 6) is -3.68. The van der Waals surface area contributed by atoms with Gasteiger partial charge in [-0.15, -0.1) is 0 Å². The van der Waals surface area contributed by atoms with Crippen molar-refractivity contribution in [2.45, 2.75) is 45.1 Å². The number of carbonyl (C=O) groups excluding carboxylic acids is 2. The molecule has 2 aromatic rings. The van der Waals surface area contributed by atoms with Gasteiger partial charge in [-0.25, -0.2) is 9.59 Å². The lowest BCUT2D eigenvalue weighted by molar-refractivity contribution is -0.142. The molecule has 1 aliphatic heterocycles. The molecular weight excluding hydrogens is 512 g/mol. The van der Waals surface area contributed by atoms with E-state index in [1.165, 1.54) is 4.90 Å². The van der Waals surface area contributed by atoms with Gasteiger partial charge in [0, 0.05) is 32.0 Å². The molecule has 10 heteroatoms. The molecule has 0 bridgehead atoms. The molecule has 1 saturated heterocycles. The van der Waals surface area contributed by atoms with Gasteiger partial charge in [-0.1, -0.05) is 67.9 Å². The van der Waals surface area contributed by atoms with Crippen molar-refractivity contribution in [3.05, 3.63) is 60.2 Å². The van der Waals surface area contributed by atoms with E-state index in [4.69, 9.17) is 0 Å². The van der Waals surface area contributed by atoms with E-state index < -0.39 is 29.9 Å². The van der Waals surface area contributed by atoms with Crippen LogP contribution in [0.25, 0.3) is 11.1 Å². The van der Waals surface area contributed by atoms with E-state index in [2.05, 4.69) is 16.0 Å². The average Bonchev–Trinajstić information content (AvgIpc) is 2.97. The first-order valence-corrected chi connectivity index (χ1v) is 13.9. The molecular formula is C30H40N4O6. The van der Waals surface area contributed by atoms with Crippen LogP contribution in [0.15, 0.2) is 54.6 Å². The highest BCUT2D eigenvalue weighted by atomic mass is 16.4. The Balaban J connectivity index is 1.63. The van der Waals surface area contributed by atoms with Crippen molar-refractivity contribution in [2.24, 2.45) is 11.8 Å². The summed E-state index contributed by atoms with van der Waals surface area (Å²) < 4.78 is 0. The van der Waals surface area contributed by atoms with Gasteiger partial charge in [0.2, 0.25) is 5.91 Å². The van der Waals surface area contributed by atoms with Crippen LogP contribution in [-0.4, -0.2) is 77.8 Å². The molecule has 40 heavy (non-hydrogen) atoms. The van der Waals surface area contributed by atoms with Crippen molar-refractivity contribution in [3.63, 3.8) is 0 Å². The lowest BCUT2D eigenvalue weighted by Crippen LogP contribution is -2.52. The van der Waals surface area contributed by atoms with Gasteiger partial charge in [0.05, 0.1) is 5.92 Å². The molecule has 0 aliphatic carbocycles. The minimum atomic E-state index is -1.19. The molecule has 0 aromatic heterocycles. The summed E-state index contributed by atoms with van der Waals surface area (Å²) >= 11 is 0. The molecule has 0 unspecified atom stereocenters. The fourth-order valence-electron chi connectivity index (χ4n) is 4.71. The maximum absolute atomic E-state index is 13.2. The second-order valence-corrected chi connectivity index (χ2v) is 10.2. The maximum Gasteiger partial charge on any atom is 0.326 e. The van der Waals surface area contributed by atoms with E-state index >= 15 is 0 Å². The number of carboxylic acids is 2. The van der Waals surface area contributed by atoms with Gasteiger partial charge in [0.25, 0.3) is 0 Å². The first-order chi connectivity index (χ1) is 19.3. The Bertz CT molecular complexity index is 1120. The summed E-state index contributed by atoms with van der Waals surface area (Å²) in [6, 6.07) is 15.5. The van der Waals surface area contributed by atoms with Crippen molar-refractivity contribution in [2.75, 3.05) is 32.7 Å². The van der Waals surface area contributed by atoms with Gasteiger partial charge in [-0.2, -0.15) is 0 Å². The Morgan fingerprint density at radius 3 is 2.20 bits per heavy atom. The van der Waals surface area contributed by atoms with Crippen LogP contribution >= 0.6 is 0 Å². The molecule has 1 heterocycles. The van der Waals surface area contributed by atoms with Crippen molar-refractivity contribution in [1.82, 2.24) is 20.9 Å². The number of urea groups is 1. The van der Waals surface area contributed by atoms with Gasteiger partial charge in [0.15, 0.2) is 0 Å². The molecule has 10 nitrogen and oxygen atoms in total. The molecule has 3 rings (SSSR count). The lowest BCUT2D eigenvalue weighted by atomic mass is 9.97. The number of hydrogen-bond acceptors (Lipinski definition) is 5. The van der Waals surface area contributed by atoms with Gasteiger partial charge in [-0.3, -0.25) is 9.59 Å². The van der Waals surface area contributed by atoms with E-state index in [1.807, 2.05) is 61.5 Å². The Hall–Kier alpha value is -3.92. The quantitative estimate of drug-likeness (QED) is 0.242. The van der Waals surface area contributed by atoms with Crippen molar-refractivity contribution >= 4 is 23.9 Å². The number of benzene rings is 2. The van der Waals surface area contributed by atoms with Crippen molar-refractivity contribution < 1.29 is 29.4 Å². The Morgan fingerprint density at radius 1 is 0.950 bits per heavy atom. The summed E-state index contributed by atoms with van der Waals surface area (Å²) in [6.45, 7) is 3.45. The van der Waals surface area contributed by atoms with E-state index in [1.54, 1.807) is 0 Å². The second kappa shape index (κ2) is 15.6. The highest BCUT2D eigenvalue weighted by Crippen LogP contribution is 2.20. The predicted molar refractivity (Wildman–Crippen MR) is 152 cm³/mol. The maximum atomic E-state index is 13.2. The first kappa shape index (κ1) is 30.6. The first-order valence-electron chi connectivity index (χ1n) is 13.9. The Labute approximate surface area is 235 Å². The second-order valence-electron chi connectivity index (χ2n) is 10.2. The third-order valence-corrected chi connectivity index (χ3v) is 7.19. The molecule has 1 aliphatic rings. The highest BCUT2D eigenvalue weighted by Gasteiger charge is 2.29. The standard InChI is InChI=1S/C30H40N4O6/c1-2-3-17-34(20-25(28(36)37)19-32-27(35)24-13-15-31-16-14-24)30(40)33-26(29(38)39)18-21-9-11-23(12-10-21)22-7-5-4-6-8-22/h4-12,24-26,31H,2-3,13-20H2,1H3,(H,32,35)(H,33,40)(H,36,37)(H,38,39)/t25-,26+/m1/s1. The molecule has 0 radical (unpaired) electrons. The molecule has 216 valence electrons. The smallest absolute Gasteiger partial charge is 0.326 e. The number of piperidine rings is 1. The summed E-state index contributed by atoms with van der Waals surface area (Å²) in [5.41, 5.74) is 2.79. The average molecular weight is 553 g/mol. The monoisotopic (exact) mass is 552 g/mol. The van der Waals surface area contributed by atoms with Crippen LogP contribution < -0.4 is 16.0 Å². The van der Waals surface area contributed by atoms with Crippen LogP contribution in [0, 0.1) is 11.8 Å². The molecule has 2 atom stereocenters. The van der Waals surface area contributed by atoms with Crippen LogP contribution in [0.1, 0.15) is 38.2 Å². The topological polar surface area (TPSA) is 148 Å². The van der Waals surface area contributed by atoms with Crippen LogP contribution in [0.2, 0.25) is 0 Å². The molecule has 0 saturated carbocycles. The van der Waals surface area contributed by atoms with Crippen LogP contribution in [0.4, 0.5) is 4.79 Å². The lowest BCUT2D eigenvalue weighted by Gasteiger charge is -2.28. The van der Waals surface area contributed by atoms with Gasteiger partial charge < -0.3 is 31.1 Å². The fraction of sp³-hybridized carbons (Fsp3) is 0.467. The minimum Gasteiger partial charge on any atom is -0.481 e. The number of carbonyl (C=O) groups is 4. The SMILES string of the molecule is CCCCN(C[C@@H](CNC(=O)C1CCNCC1)C(=O)O)C(=O)N[C@@H](Cc1ccc(-c2ccccc2)cc1)C(=O)O. The number of aliphatic carboxylic acids is 2. The Kier molecular flexibility index (Phi) is 12.0. The zero-order valence-corrected chi connectivity index (χ0v) is 23.0. The molecule has 3 amide bonds. The zero-order chi connectivity index (χ0) is 28.9. The molecule has 1 fully saturated rings. The summed E-state index contributed by atoms with van der Waals surface area (Å²) in [7, 11) is 0. The fourth-order valence-corrected chi connectivity index (χ4v) is 4.71. The van der Waals surface area contributed by atoms with Crippen LogP contribution in [0.5, 0.6) is 0 Å². The summed E-state index contributed by atoms with van der Waals surface area (Å²) in [5, 5.41) is 28.2. The molecule has 2 aromatic carbocycles. The molecule has 0 spiro atoms. The third-order valence-electron chi connectivity index (χ3n) is 7.19.